The van der Waals surface area contributed by atoms with Crippen LogP contribution in [0.15, 0.2) is 6.07 Å². The highest BCUT2D eigenvalue weighted by atomic mass is 35.5. The number of pyridine rings is 1. The van der Waals surface area contributed by atoms with Crippen molar-refractivity contribution >= 4 is 23.2 Å². The van der Waals surface area contributed by atoms with Gasteiger partial charge in [0, 0.05) is 11.3 Å². The van der Waals surface area contributed by atoms with E-state index >= 15 is 0 Å². The summed E-state index contributed by atoms with van der Waals surface area (Å²) >= 11 is 5.92. The SMILES string of the molecule is CCCCc1c(N)cc(C(N)=O)nc1Cl. The average molecular weight is 228 g/mol. The van der Waals surface area contributed by atoms with Crippen LogP contribution in [0.3, 0.4) is 0 Å². The highest BCUT2D eigenvalue weighted by Crippen LogP contribution is 2.23. The lowest BCUT2D eigenvalue weighted by atomic mass is 10.1. The number of aromatic nitrogens is 1. The minimum atomic E-state index is -0.620. The van der Waals surface area contributed by atoms with Crippen molar-refractivity contribution in [3.63, 3.8) is 0 Å². The second-order valence-corrected chi connectivity index (χ2v) is 3.69. The van der Waals surface area contributed by atoms with E-state index in [1.807, 2.05) is 0 Å². The smallest absolute Gasteiger partial charge is 0.267 e. The van der Waals surface area contributed by atoms with E-state index in [2.05, 4.69) is 11.9 Å². The van der Waals surface area contributed by atoms with E-state index in [9.17, 15) is 4.79 Å². The summed E-state index contributed by atoms with van der Waals surface area (Å²) in [5, 5.41) is 0.275. The van der Waals surface area contributed by atoms with Crippen molar-refractivity contribution in [1.82, 2.24) is 4.98 Å². The Morgan fingerprint density at radius 3 is 2.73 bits per heavy atom. The number of carbonyl (C=O) groups is 1. The summed E-state index contributed by atoms with van der Waals surface area (Å²) in [6, 6.07) is 1.47. The van der Waals surface area contributed by atoms with Crippen LogP contribution in [0.2, 0.25) is 5.15 Å². The van der Waals surface area contributed by atoms with Gasteiger partial charge in [-0.3, -0.25) is 4.79 Å². The summed E-state index contributed by atoms with van der Waals surface area (Å²) in [7, 11) is 0. The number of nitrogens with zero attached hydrogens (tertiary/aromatic N) is 1. The first-order chi connectivity index (χ1) is 7.06. The topological polar surface area (TPSA) is 82.0 Å². The molecule has 82 valence electrons. The lowest BCUT2D eigenvalue weighted by molar-refractivity contribution is 0.0995. The van der Waals surface area contributed by atoms with Crippen molar-refractivity contribution in [3.05, 3.63) is 22.5 Å². The summed E-state index contributed by atoms with van der Waals surface area (Å²) in [4.78, 5) is 14.8. The molecular weight excluding hydrogens is 214 g/mol. The van der Waals surface area contributed by atoms with Crippen molar-refractivity contribution in [2.24, 2.45) is 5.73 Å². The van der Waals surface area contributed by atoms with Crippen LogP contribution in [-0.4, -0.2) is 10.9 Å². The standard InChI is InChI=1S/C10H14ClN3O/c1-2-3-4-6-7(12)5-8(10(13)15)14-9(6)11/h5H,2-4H2,1H3,(H2,12,14)(H2,13,15). The van der Waals surface area contributed by atoms with Gasteiger partial charge in [-0.15, -0.1) is 0 Å². The summed E-state index contributed by atoms with van der Waals surface area (Å²) in [5.74, 6) is -0.620. The zero-order chi connectivity index (χ0) is 11.4. The number of nitrogens with two attached hydrogens (primary N) is 2. The zero-order valence-corrected chi connectivity index (χ0v) is 9.34. The number of amides is 1. The monoisotopic (exact) mass is 227 g/mol. The summed E-state index contributed by atoms with van der Waals surface area (Å²) < 4.78 is 0. The van der Waals surface area contributed by atoms with Gasteiger partial charge in [0.2, 0.25) is 0 Å². The molecule has 0 aliphatic heterocycles. The first-order valence-corrected chi connectivity index (χ1v) is 5.18. The van der Waals surface area contributed by atoms with E-state index in [0.29, 0.717) is 5.69 Å². The largest absolute Gasteiger partial charge is 0.398 e. The zero-order valence-electron chi connectivity index (χ0n) is 8.59. The molecule has 1 aromatic heterocycles. The van der Waals surface area contributed by atoms with Gasteiger partial charge >= 0.3 is 0 Å². The molecule has 1 aromatic rings. The molecule has 0 saturated carbocycles. The normalized spacial score (nSPS) is 10.3. The molecule has 0 atom stereocenters. The fourth-order valence-electron chi connectivity index (χ4n) is 1.29. The van der Waals surface area contributed by atoms with E-state index < -0.39 is 5.91 Å². The van der Waals surface area contributed by atoms with Gasteiger partial charge in [-0.25, -0.2) is 4.98 Å². The Labute approximate surface area is 93.6 Å². The number of hydrogen-bond donors (Lipinski definition) is 2. The molecule has 0 fully saturated rings. The molecule has 4 nitrogen and oxygen atoms in total. The van der Waals surface area contributed by atoms with Crippen molar-refractivity contribution in [2.45, 2.75) is 26.2 Å². The molecule has 0 aromatic carbocycles. The van der Waals surface area contributed by atoms with Crippen LogP contribution in [0.4, 0.5) is 5.69 Å². The molecule has 0 spiro atoms. The van der Waals surface area contributed by atoms with Crippen LogP contribution in [0.25, 0.3) is 0 Å². The Morgan fingerprint density at radius 1 is 1.60 bits per heavy atom. The van der Waals surface area contributed by atoms with Crippen LogP contribution in [0.5, 0.6) is 0 Å². The fourth-order valence-corrected chi connectivity index (χ4v) is 1.58. The van der Waals surface area contributed by atoms with Gasteiger partial charge < -0.3 is 11.5 Å². The first-order valence-electron chi connectivity index (χ1n) is 4.81. The van der Waals surface area contributed by atoms with Crippen LogP contribution >= 0.6 is 11.6 Å². The number of anilines is 1. The number of primary amides is 1. The third kappa shape index (κ3) is 2.83. The van der Waals surface area contributed by atoms with E-state index in [-0.39, 0.29) is 10.8 Å². The molecule has 1 heterocycles. The summed E-state index contributed by atoms with van der Waals surface area (Å²) in [6.45, 7) is 2.08. The molecule has 5 heteroatoms. The Morgan fingerprint density at radius 2 is 2.27 bits per heavy atom. The van der Waals surface area contributed by atoms with Gasteiger partial charge in [-0.2, -0.15) is 0 Å². The molecule has 0 saturated heterocycles. The highest BCUT2D eigenvalue weighted by molar-refractivity contribution is 6.30. The lowest BCUT2D eigenvalue weighted by Gasteiger charge is -2.08. The minimum absolute atomic E-state index is 0.109. The van der Waals surface area contributed by atoms with Gasteiger partial charge in [0.1, 0.15) is 10.8 Å². The van der Waals surface area contributed by atoms with E-state index in [4.69, 9.17) is 23.1 Å². The second-order valence-electron chi connectivity index (χ2n) is 3.33. The maximum Gasteiger partial charge on any atom is 0.267 e. The van der Waals surface area contributed by atoms with Gasteiger partial charge in [0.15, 0.2) is 0 Å². The maximum atomic E-state index is 10.9. The van der Waals surface area contributed by atoms with Crippen molar-refractivity contribution in [1.29, 1.82) is 0 Å². The first kappa shape index (κ1) is 11.8. The predicted octanol–water partition coefficient (Wildman–Crippen LogP) is 1.76. The van der Waals surface area contributed by atoms with Crippen molar-refractivity contribution in [3.8, 4) is 0 Å². The Hall–Kier alpha value is -1.29. The van der Waals surface area contributed by atoms with E-state index in [1.165, 1.54) is 6.07 Å². The number of rotatable bonds is 4. The van der Waals surface area contributed by atoms with E-state index in [1.54, 1.807) is 0 Å². The van der Waals surface area contributed by atoms with Gasteiger partial charge in [0.25, 0.3) is 5.91 Å². The van der Waals surface area contributed by atoms with Crippen molar-refractivity contribution < 1.29 is 4.79 Å². The van der Waals surface area contributed by atoms with Crippen LogP contribution in [0.1, 0.15) is 35.8 Å². The molecule has 0 aliphatic rings. The molecule has 0 unspecified atom stereocenters. The third-order valence-electron chi connectivity index (χ3n) is 2.14. The molecular formula is C10H14ClN3O. The molecule has 15 heavy (non-hydrogen) atoms. The summed E-state index contributed by atoms with van der Waals surface area (Å²) in [6.07, 6.45) is 2.81. The van der Waals surface area contributed by atoms with Crippen molar-refractivity contribution in [2.75, 3.05) is 5.73 Å². The molecule has 4 N–H and O–H groups in total. The van der Waals surface area contributed by atoms with Crippen LogP contribution in [0, 0.1) is 0 Å². The predicted molar refractivity (Wildman–Crippen MR) is 60.8 cm³/mol. The van der Waals surface area contributed by atoms with Gasteiger partial charge in [0.05, 0.1) is 0 Å². The maximum absolute atomic E-state index is 10.9. The summed E-state index contributed by atoms with van der Waals surface area (Å²) in [5.41, 5.74) is 12.2. The lowest BCUT2D eigenvalue weighted by Crippen LogP contribution is -2.14. The van der Waals surface area contributed by atoms with Crippen LogP contribution in [-0.2, 0) is 6.42 Å². The number of halogens is 1. The Kier molecular flexibility index (Phi) is 3.91. The molecule has 1 rings (SSSR count). The molecule has 0 radical (unpaired) electrons. The second kappa shape index (κ2) is 4.98. The average Bonchev–Trinajstić information content (AvgIpc) is 2.16. The Balaban J connectivity index is 3.04. The van der Waals surface area contributed by atoms with Gasteiger partial charge in [-0.05, 0) is 18.9 Å². The molecule has 0 bridgehead atoms. The van der Waals surface area contributed by atoms with Gasteiger partial charge in [-0.1, -0.05) is 24.9 Å². The number of hydrogen-bond acceptors (Lipinski definition) is 3. The fraction of sp³-hybridized carbons (Fsp3) is 0.400. The number of nitrogen functional groups attached to an aromatic ring is 1. The van der Waals surface area contributed by atoms with E-state index in [0.717, 1.165) is 24.8 Å². The third-order valence-corrected chi connectivity index (χ3v) is 2.45. The van der Waals surface area contributed by atoms with Crippen LogP contribution < -0.4 is 11.5 Å². The minimum Gasteiger partial charge on any atom is -0.398 e. The number of unbranched alkanes of at least 4 members (excludes halogenated alkanes) is 1. The number of carbonyl (C=O) groups excluding carboxylic acids is 1. The quantitative estimate of drug-likeness (QED) is 0.769. The molecule has 0 aliphatic carbocycles. The Bertz CT molecular complexity index is 356. The highest BCUT2D eigenvalue weighted by Gasteiger charge is 2.11. The molecule has 1 amide bonds.